The molecule has 8 heteroatoms. The number of carbonyl (C=O) groups is 2. The summed E-state index contributed by atoms with van der Waals surface area (Å²) in [5.41, 5.74) is 1.75. The number of hydrogen-bond acceptors (Lipinski definition) is 4. The SMILES string of the molecule is CCNC(=S)NC1CCc2sc(NC(=O)C3CC3)c(C(=O)NCC3CC3)c2C1. The second kappa shape index (κ2) is 8.37. The first kappa shape index (κ1) is 19.6. The van der Waals surface area contributed by atoms with Gasteiger partial charge in [-0.2, -0.15) is 0 Å². The predicted octanol–water partition coefficient (Wildman–Crippen LogP) is 2.58. The molecule has 0 aliphatic heterocycles. The van der Waals surface area contributed by atoms with Crippen LogP contribution in [0.2, 0.25) is 0 Å². The van der Waals surface area contributed by atoms with Gasteiger partial charge >= 0.3 is 0 Å². The Morgan fingerprint density at radius 1 is 1.14 bits per heavy atom. The normalized spacial score (nSPS) is 20.8. The first-order valence-electron chi connectivity index (χ1n) is 10.3. The summed E-state index contributed by atoms with van der Waals surface area (Å²) in [5, 5.41) is 14.0. The third-order valence-electron chi connectivity index (χ3n) is 5.59. The Balaban J connectivity index is 1.53. The van der Waals surface area contributed by atoms with Gasteiger partial charge in [0, 0.05) is 29.9 Å². The molecule has 0 bridgehead atoms. The molecular weight excluding hydrogens is 392 g/mol. The van der Waals surface area contributed by atoms with Crippen LogP contribution in [0.25, 0.3) is 0 Å². The number of thiophene rings is 1. The third-order valence-corrected chi connectivity index (χ3v) is 7.06. The van der Waals surface area contributed by atoms with E-state index >= 15 is 0 Å². The smallest absolute Gasteiger partial charge is 0.254 e. The van der Waals surface area contributed by atoms with Crippen LogP contribution >= 0.6 is 23.6 Å². The molecular formula is C20H28N4O2S2. The summed E-state index contributed by atoms with van der Waals surface area (Å²) < 4.78 is 0. The minimum atomic E-state index is -0.0505. The minimum absolute atomic E-state index is 0.0505. The van der Waals surface area contributed by atoms with Crippen LogP contribution in [0, 0.1) is 11.8 Å². The van der Waals surface area contributed by atoms with Crippen LogP contribution in [-0.2, 0) is 17.6 Å². The lowest BCUT2D eigenvalue weighted by Crippen LogP contribution is -2.44. The molecule has 6 nitrogen and oxygen atoms in total. The van der Waals surface area contributed by atoms with Gasteiger partial charge in [-0.05, 0) is 75.6 Å². The monoisotopic (exact) mass is 420 g/mol. The summed E-state index contributed by atoms with van der Waals surface area (Å²) in [4.78, 5) is 26.6. The fraction of sp³-hybridized carbons (Fsp3) is 0.650. The van der Waals surface area contributed by atoms with Crippen LogP contribution in [0.15, 0.2) is 0 Å². The van der Waals surface area contributed by atoms with Crippen molar-refractivity contribution in [3.05, 3.63) is 16.0 Å². The molecule has 1 atom stereocenters. The van der Waals surface area contributed by atoms with Gasteiger partial charge in [-0.25, -0.2) is 0 Å². The van der Waals surface area contributed by atoms with E-state index in [0.717, 1.165) is 55.8 Å². The highest BCUT2D eigenvalue weighted by atomic mass is 32.1. The van der Waals surface area contributed by atoms with E-state index in [1.54, 1.807) is 11.3 Å². The fourth-order valence-corrected chi connectivity index (χ4v) is 5.19. The Bertz CT molecular complexity index is 783. The van der Waals surface area contributed by atoms with E-state index in [1.165, 1.54) is 17.7 Å². The zero-order valence-electron chi connectivity index (χ0n) is 16.2. The topological polar surface area (TPSA) is 82.3 Å². The molecule has 0 saturated heterocycles. The number of fused-ring (bicyclic) bond motifs is 1. The van der Waals surface area contributed by atoms with E-state index < -0.39 is 0 Å². The number of rotatable bonds is 7. The van der Waals surface area contributed by atoms with Gasteiger partial charge in [0.15, 0.2) is 5.11 Å². The molecule has 152 valence electrons. The largest absolute Gasteiger partial charge is 0.363 e. The van der Waals surface area contributed by atoms with Crippen LogP contribution in [0.4, 0.5) is 5.00 Å². The summed E-state index contributed by atoms with van der Waals surface area (Å²) in [6, 6.07) is 0.204. The van der Waals surface area contributed by atoms with Crippen LogP contribution in [0.5, 0.6) is 0 Å². The third kappa shape index (κ3) is 4.66. The molecule has 1 heterocycles. The summed E-state index contributed by atoms with van der Waals surface area (Å²) in [7, 11) is 0. The van der Waals surface area contributed by atoms with Crippen LogP contribution in [0.1, 0.15) is 59.8 Å². The molecule has 1 aromatic heterocycles. The second-order valence-corrected chi connectivity index (χ2v) is 9.58. The Morgan fingerprint density at radius 2 is 1.93 bits per heavy atom. The highest BCUT2D eigenvalue weighted by molar-refractivity contribution is 7.80. The van der Waals surface area contributed by atoms with Crippen molar-refractivity contribution in [2.45, 2.75) is 57.9 Å². The first-order valence-corrected chi connectivity index (χ1v) is 11.6. The molecule has 1 unspecified atom stereocenters. The highest BCUT2D eigenvalue weighted by Crippen LogP contribution is 2.40. The molecule has 1 aromatic rings. The maximum Gasteiger partial charge on any atom is 0.254 e. The Kier molecular flexibility index (Phi) is 5.87. The quantitative estimate of drug-likeness (QED) is 0.510. The van der Waals surface area contributed by atoms with Crippen molar-refractivity contribution < 1.29 is 9.59 Å². The summed E-state index contributed by atoms with van der Waals surface area (Å²) >= 11 is 6.91. The van der Waals surface area contributed by atoms with Gasteiger partial charge in [-0.15, -0.1) is 11.3 Å². The number of nitrogens with one attached hydrogen (secondary N) is 4. The molecule has 3 aliphatic rings. The Hall–Kier alpha value is -1.67. The van der Waals surface area contributed by atoms with Gasteiger partial charge in [-0.1, -0.05) is 0 Å². The van der Waals surface area contributed by atoms with E-state index in [2.05, 4.69) is 21.3 Å². The van der Waals surface area contributed by atoms with Gasteiger partial charge in [-0.3, -0.25) is 9.59 Å². The molecule has 0 aromatic carbocycles. The van der Waals surface area contributed by atoms with E-state index in [9.17, 15) is 9.59 Å². The number of aryl methyl sites for hydroxylation is 1. The lowest BCUT2D eigenvalue weighted by molar-refractivity contribution is -0.117. The Morgan fingerprint density at radius 3 is 2.61 bits per heavy atom. The molecule has 3 aliphatic carbocycles. The van der Waals surface area contributed by atoms with Crippen molar-refractivity contribution in [3.63, 3.8) is 0 Å². The molecule has 2 saturated carbocycles. The maximum atomic E-state index is 13.0. The summed E-state index contributed by atoms with van der Waals surface area (Å²) in [6.07, 6.45) is 6.92. The lowest BCUT2D eigenvalue weighted by Gasteiger charge is -2.25. The van der Waals surface area contributed by atoms with Crippen molar-refractivity contribution in [1.29, 1.82) is 0 Å². The number of amides is 2. The number of thiocarbonyl (C=S) groups is 1. The van der Waals surface area contributed by atoms with Gasteiger partial charge in [0.2, 0.25) is 5.91 Å². The molecule has 2 fully saturated rings. The molecule has 4 N–H and O–H groups in total. The molecule has 28 heavy (non-hydrogen) atoms. The van der Waals surface area contributed by atoms with Gasteiger partial charge < -0.3 is 21.3 Å². The standard InChI is InChI=1S/C20H28N4O2S2/c1-2-21-20(27)23-13-7-8-15-14(9-13)16(18(26)22-10-11-3-4-11)19(28-15)24-17(25)12-5-6-12/h11-13H,2-10H2,1H3,(H,22,26)(H,24,25)(H2,21,23,27). The summed E-state index contributed by atoms with van der Waals surface area (Å²) in [6.45, 7) is 3.53. The summed E-state index contributed by atoms with van der Waals surface area (Å²) in [5.74, 6) is 0.742. The minimum Gasteiger partial charge on any atom is -0.363 e. The average Bonchev–Trinajstić information content (AvgIpc) is 3.56. The van der Waals surface area contributed by atoms with E-state index in [4.69, 9.17) is 12.2 Å². The van der Waals surface area contributed by atoms with E-state index in [-0.39, 0.29) is 23.8 Å². The second-order valence-electron chi connectivity index (χ2n) is 8.07. The molecule has 0 spiro atoms. The van der Waals surface area contributed by atoms with Crippen molar-refractivity contribution in [2.24, 2.45) is 11.8 Å². The maximum absolute atomic E-state index is 13.0. The predicted molar refractivity (Wildman–Crippen MR) is 116 cm³/mol. The van der Waals surface area contributed by atoms with Crippen LogP contribution in [0.3, 0.4) is 0 Å². The van der Waals surface area contributed by atoms with Crippen LogP contribution < -0.4 is 21.3 Å². The fourth-order valence-electron chi connectivity index (χ4n) is 3.64. The van der Waals surface area contributed by atoms with E-state index in [0.29, 0.717) is 16.6 Å². The van der Waals surface area contributed by atoms with Crippen molar-refractivity contribution in [3.8, 4) is 0 Å². The van der Waals surface area contributed by atoms with Crippen molar-refractivity contribution >= 4 is 45.5 Å². The van der Waals surface area contributed by atoms with Crippen LogP contribution in [-0.4, -0.2) is 36.1 Å². The number of carbonyl (C=O) groups excluding carboxylic acids is 2. The Labute approximate surface area is 175 Å². The molecule has 2 amide bonds. The first-order chi connectivity index (χ1) is 13.5. The van der Waals surface area contributed by atoms with Gasteiger partial charge in [0.25, 0.3) is 5.91 Å². The van der Waals surface area contributed by atoms with Gasteiger partial charge in [0.1, 0.15) is 5.00 Å². The average molecular weight is 421 g/mol. The molecule has 0 radical (unpaired) electrons. The van der Waals surface area contributed by atoms with Gasteiger partial charge in [0.05, 0.1) is 5.56 Å². The molecule has 4 rings (SSSR count). The van der Waals surface area contributed by atoms with E-state index in [1.807, 2.05) is 6.92 Å². The van der Waals surface area contributed by atoms with Crippen molar-refractivity contribution in [2.75, 3.05) is 18.4 Å². The zero-order chi connectivity index (χ0) is 19.7. The lowest BCUT2D eigenvalue weighted by atomic mass is 9.91. The van der Waals surface area contributed by atoms with Crippen molar-refractivity contribution in [1.82, 2.24) is 16.0 Å². The number of hydrogen-bond donors (Lipinski definition) is 4. The zero-order valence-corrected chi connectivity index (χ0v) is 17.9. The highest BCUT2D eigenvalue weighted by Gasteiger charge is 2.34. The number of anilines is 1.